The summed E-state index contributed by atoms with van der Waals surface area (Å²) < 4.78 is 0. The number of nitrogens with zero attached hydrogens (tertiary/aromatic N) is 3. The molecule has 0 aromatic heterocycles. The van der Waals surface area contributed by atoms with E-state index in [1.54, 1.807) is 0 Å². The van der Waals surface area contributed by atoms with Crippen molar-refractivity contribution in [3.05, 3.63) is 0 Å². The molecule has 0 aromatic carbocycles. The largest absolute Gasteiger partial charge is 0.314 e. The average molecular weight is 865 g/mol. The first-order valence-electron chi connectivity index (χ1n) is 28.6. The molecular weight excluding hydrogens is 743 g/mol. The monoisotopic (exact) mass is 864 g/mol. The minimum absolute atomic E-state index is 1.13. The summed E-state index contributed by atoms with van der Waals surface area (Å²) in [6.45, 7) is 22.4. The molecular formula is C56H121N5. The molecule has 0 saturated carbocycles. The Morgan fingerprint density at radius 3 is 0.770 bits per heavy atom. The summed E-state index contributed by atoms with van der Waals surface area (Å²) in [7, 11) is 4.62. The molecule has 0 bridgehead atoms. The average Bonchev–Trinajstić information content (AvgIpc) is 3.27. The summed E-state index contributed by atoms with van der Waals surface area (Å²) in [6, 6.07) is 0. The molecule has 370 valence electrons. The minimum Gasteiger partial charge on any atom is -0.314 e. The Balaban J connectivity index is 0. The van der Waals surface area contributed by atoms with Crippen LogP contribution in [0.4, 0.5) is 0 Å². The van der Waals surface area contributed by atoms with Gasteiger partial charge in [0.25, 0.3) is 0 Å². The Bertz CT molecular complexity index is 710. The number of hydrazine groups is 1. The molecule has 0 atom stereocenters. The zero-order chi connectivity index (χ0) is 44.8. The van der Waals surface area contributed by atoms with Crippen LogP contribution in [-0.2, 0) is 0 Å². The van der Waals surface area contributed by atoms with Gasteiger partial charge in [-0.2, -0.15) is 0 Å². The molecule has 1 aliphatic heterocycles. The summed E-state index contributed by atoms with van der Waals surface area (Å²) in [5.41, 5.74) is 3.52. The standard InChI is InChI=1S/C24H51N.C19H41N.C13H29N3/c1-4-6-8-10-12-14-16-18-20-22-24-25(3)23-21-19-17-15-13-11-9-7-5-2;1-4-6-8-10-12-14-16-18-20(3)19-17-15-13-11-9-7-5-2;1-2-3-4-5-6-7-8-9-15-16-12-10-14-11-13-16/h4-24H2,1-3H3;4-19H2,1-3H3;14-15H,2-13H2,1H3. The third-order valence-electron chi connectivity index (χ3n) is 13.1. The second-order valence-corrected chi connectivity index (χ2v) is 19.6. The van der Waals surface area contributed by atoms with E-state index < -0.39 is 0 Å². The van der Waals surface area contributed by atoms with Crippen LogP contribution in [0.15, 0.2) is 0 Å². The van der Waals surface area contributed by atoms with Crippen molar-refractivity contribution in [2.24, 2.45) is 0 Å². The van der Waals surface area contributed by atoms with Crippen molar-refractivity contribution < 1.29 is 0 Å². The molecule has 1 saturated heterocycles. The maximum absolute atomic E-state index is 3.52. The Hall–Kier alpha value is -0.200. The Morgan fingerprint density at radius 2 is 0.525 bits per heavy atom. The number of hydrogen-bond acceptors (Lipinski definition) is 5. The molecule has 0 aromatic rings. The van der Waals surface area contributed by atoms with Crippen LogP contribution in [0.2, 0.25) is 0 Å². The lowest BCUT2D eigenvalue weighted by Crippen LogP contribution is -2.50. The van der Waals surface area contributed by atoms with Gasteiger partial charge in [-0.1, -0.05) is 259 Å². The number of hydrogen-bond donors (Lipinski definition) is 2. The van der Waals surface area contributed by atoms with Gasteiger partial charge in [0.2, 0.25) is 0 Å². The minimum atomic E-state index is 1.13. The fourth-order valence-electron chi connectivity index (χ4n) is 8.61. The predicted octanol–water partition coefficient (Wildman–Crippen LogP) is 16.9. The molecule has 5 heteroatoms. The van der Waals surface area contributed by atoms with Gasteiger partial charge in [0.15, 0.2) is 0 Å². The first kappa shape index (κ1) is 62.9. The number of rotatable bonds is 46. The lowest BCUT2D eigenvalue weighted by molar-refractivity contribution is 0.163. The molecule has 1 heterocycles. The summed E-state index contributed by atoms with van der Waals surface area (Å²) in [5, 5.41) is 5.72. The molecule has 2 N–H and O–H groups in total. The van der Waals surface area contributed by atoms with E-state index in [0.717, 1.165) is 32.7 Å². The van der Waals surface area contributed by atoms with Gasteiger partial charge in [0, 0.05) is 32.7 Å². The molecule has 1 rings (SSSR count). The maximum atomic E-state index is 3.52. The van der Waals surface area contributed by atoms with Gasteiger partial charge in [0.1, 0.15) is 0 Å². The molecule has 1 aliphatic rings. The molecule has 1 fully saturated rings. The molecule has 61 heavy (non-hydrogen) atoms. The van der Waals surface area contributed by atoms with Crippen LogP contribution >= 0.6 is 0 Å². The van der Waals surface area contributed by atoms with Crippen molar-refractivity contribution in [1.29, 1.82) is 0 Å². The Morgan fingerprint density at radius 1 is 0.311 bits per heavy atom. The molecule has 0 unspecified atom stereocenters. The normalized spacial score (nSPS) is 13.1. The first-order valence-corrected chi connectivity index (χ1v) is 28.6. The van der Waals surface area contributed by atoms with E-state index in [0.29, 0.717) is 0 Å². The van der Waals surface area contributed by atoms with Gasteiger partial charge in [0.05, 0.1) is 0 Å². The highest BCUT2D eigenvalue weighted by Crippen LogP contribution is 2.13. The van der Waals surface area contributed by atoms with E-state index in [1.165, 1.54) is 283 Å². The highest BCUT2D eigenvalue weighted by molar-refractivity contribution is 4.64. The van der Waals surface area contributed by atoms with Crippen molar-refractivity contribution in [2.45, 2.75) is 291 Å². The topological polar surface area (TPSA) is 33.8 Å². The quantitative estimate of drug-likeness (QED) is 0.0596. The SMILES string of the molecule is CCCCCCCCCCCCN(C)CCCCCCCCCCC.CCCCCCCCCN(C)CCCCCCCCC.CCCCCCCCCNN1CCNCC1. The molecule has 0 amide bonds. The van der Waals surface area contributed by atoms with E-state index in [-0.39, 0.29) is 0 Å². The van der Waals surface area contributed by atoms with Gasteiger partial charge in [-0.25, -0.2) is 5.01 Å². The smallest absolute Gasteiger partial charge is 0.0256 e. The highest BCUT2D eigenvalue weighted by atomic mass is 15.5. The van der Waals surface area contributed by atoms with Crippen LogP contribution in [0.25, 0.3) is 0 Å². The molecule has 0 spiro atoms. The number of unbranched alkanes of at least 4 members (excludes halogenated alkanes) is 35. The van der Waals surface area contributed by atoms with Crippen LogP contribution in [-0.4, -0.2) is 87.8 Å². The highest BCUT2D eigenvalue weighted by Gasteiger charge is 2.07. The summed E-state index contributed by atoms with van der Waals surface area (Å²) in [4.78, 5) is 5.10. The van der Waals surface area contributed by atoms with Crippen molar-refractivity contribution in [3.8, 4) is 0 Å². The number of nitrogens with one attached hydrogen (secondary N) is 2. The molecule has 5 nitrogen and oxygen atoms in total. The van der Waals surface area contributed by atoms with Crippen LogP contribution in [0.1, 0.15) is 291 Å². The van der Waals surface area contributed by atoms with Gasteiger partial charge in [-0.15, -0.1) is 0 Å². The third kappa shape index (κ3) is 57.8. The van der Waals surface area contributed by atoms with E-state index >= 15 is 0 Å². The summed E-state index contributed by atoms with van der Waals surface area (Å²) in [6.07, 6.45) is 57.1. The van der Waals surface area contributed by atoms with Gasteiger partial charge in [-0.3, -0.25) is 5.43 Å². The lowest BCUT2D eigenvalue weighted by atomic mass is 10.1. The maximum Gasteiger partial charge on any atom is 0.0256 e. The summed E-state index contributed by atoms with van der Waals surface area (Å²) in [5.74, 6) is 0. The van der Waals surface area contributed by atoms with Crippen LogP contribution in [0, 0.1) is 0 Å². The lowest BCUT2D eigenvalue weighted by Gasteiger charge is -2.27. The second kappa shape index (κ2) is 57.8. The predicted molar refractivity (Wildman–Crippen MR) is 280 cm³/mol. The van der Waals surface area contributed by atoms with Crippen molar-refractivity contribution in [1.82, 2.24) is 25.6 Å². The van der Waals surface area contributed by atoms with E-state index in [4.69, 9.17) is 0 Å². The van der Waals surface area contributed by atoms with Gasteiger partial charge < -0.3 is 15.1 Å². The zero-order valence-electron chi connectivity index (χ0n) is 44.0. The van der Waals surface area contributed by atoms with Crippen molar-refractivity contribution >= 4 is 0 Å². The summed E-state index contributed by atoms with van der Waals surface area (Å²) >= 11 is 0. The molecule has 0 aliphatic carbocycles. The molecule has 0 radical (unpaired) electrons. The van der Waals surface area contributed by atoms with E-state index in [2.05, 4.69) is 74.3 Å². The zero-order valence-corrected chi connectivity index (χ0v) is 44.0. The van der Waals surface area contributed by atoms with E-state index in [9.17, 15) is 0 Å². The first-order chi connectivity index (χ1) is 30.0. The Kier molecular flexibility index (Phi) is 59.6. The Labute approximate surface area is 388 Å². The van der Waals surface area contributed by atoms with Crippen molar-refractivity contribution in [2.75, 3.05) is 73.0 Å². The van der Waals surface area contributed by atoms with Crippen molar-refractivity contribution in [3.63, 3.8) is 0 Å². The fraction of sp³-hybridized carbons (Fsp3) is 1.00. The van der Waals surface area contributed by atoms with Gasteiger partial charge >= 0.3 is 0 Å². The fourth-order valence-corrected chi connectivity index (χ4v) is 8.61. The van der Waals surface area contributed by atoms with Crippen LogP contribution in [0.3, 0.4) is 0 Å². The van der Waals surface area contributed by atoms with E-state index in [1.807, 2.05) is 0 Å². The number of piperazine rings is 1. The third-order valence-corrected chi connectivity index (χ3v) is 13.1. The van der Waals surface area contributed by atoms with Gasteiger partial charge in [-0.05, 0) is 72.4 Å². The van der Waals surface area contributed by atoms with Crippen LogP contribution < -0.4 is 10.7 Å². The second-order valence-electron chi connectivity index (χ2n) is 19.6. The van der Waals surface area contributed by atoms with Crippen LogP contribution in [0.5, 0.6) is 0 Å².